The summed E-state index contributed by atoms with van der Waals surface area (Å²) in [5.74, 6) is 0.556. The van der Waals surface area contributed by atoms with E-state index in [1.807, 2.05) is 6.07 Å². The summed E-state index contributed by atoms with van der Waals surface area (Å²) >= 11 is 0. The highest BCUT2D eigenvalue weighted by Crippen LogP contribution is 2.22. The van der Waals surface area contributed by atoms with Crippen LogP contribution >= 0.6 is 0 Å². The maximum absolute atomic E-state index is 13.0. The zero-order valence-corrected chi connectivity index (χ0v) is 15.3. The van der Waals surface area contributed by atoms with E-state index in [0.717, 1.165) is 0 Å². The van der Waals surface area contributed by atoms with Crippen LogP contribution in [0.3, 0.4) is 0 Å². The molecule has 0 aliphatic heterocycles. The fourth-order valence-corrected chi connectivity index (χ4v) is 3.74. The van der Waals surface area contributed by atoms with E-state index in [-0.39, 0.29) is 22.8 Å². The molecule has 0 bridgehead atoms. The summed E-state index contributed by atoms with van der Waals surface area (Å²) in [6, 6.07) is 13.6. The fraction of sp³-hybridized carbons (Fsp3) is 0.158. The number of oxazole rings is 1. The Morgan fingerprint density at radius 1 is 1.19 bits per heavy atom. The van der Waals surface area contributed by atoms with Gasteiger partial charge in [0.15, 0.2) is 0 Å². The summed E-state index contributed by atoms with van der Waals surface area (Å²) in [7, 11) is -3.81. The van der Waals surface area contributed by atoms with Gasteiger partial charge >= 0.3 is 0 Å². The molecule has 0 unspecified atom stereocenters. The third kappa shape index (κ3) is 4.22. The SMILES string of the molecule is Cc1oc(-c2ccc(F)cc2)nc1CCNS(=O)(=O)c1ccccc1C#N. The number of halogens is 1. The van der Waals surface area contributed by atoms with Gasteiger partial charge in [-0.2, -0.15) is 5.26 Å². The number of hydrogen-bond donors (Lipinski definition) is 1. The molecule has 0 saturated heterocycles. The van der Waals surface area contributed by atoms with Crippen molar-refractivity contribution in [2.24, 2.45) is 0 Å². The summed E-state index contributed by atoms with van der Waals surface area (Å²) in [5, 5.41) is 9.06. The van der Waals surface area contributed by atoms with Crippen molar-refractivity contribution in [3.8, 4) is 17.5 Å². The molecule has 138 valence electrons. The molecule has 1 N–H and O–H groups in total. The first-order valence-corrected chi connectivity index (χ1v) is 9.60. The number of aromatic nitrogens is 1. The lowest BCUT2D eigenvalue weighted by atomic mass is 10.2. The number of rotatable bonds is 6. The van der Waals surface area contributed by atoms with Gasteiger partial charge in [-0.05, 0) is 43.3 Å². The van der Waals surface area contributed by atoms with Crippen molar-refractivity contribution in [3.05, 3.63) is 71.4 Å². The quantitative estimate of drug-likeness (QED) is 0.703. The lowest BCUT2D eigenvalue weighted by Crippen LogP contribution is -2.26. The highest BCUT2D eigenvalue weighted by Gasteiger charge is 2.18. The normalized spacial score (nSPS) is 11.3. The minimum absolute atomic E-state index is 0.0589. The molecule has 6 nitrogen and oxygen atoms in total. The van der Waals surface area contributed by atoms with Crippen LogP contribution in [0.5, 0.6) is 0 Å². The smallest absolute Gasteiger partial charge is 0.241 e. The van der Waals surface area contributed by atoms with Gasteiger partial charge in [-0.3, -0.25) is 0 Å². The van der Waals surface area contributed by atoms with E-state index in [4.69, 9.17) is 9.68 Å². The molecule has 0 spiro atoms. The van der Waals surface area contributed by atoms with Crippen LogP contribution in [0.1, 0.15) is 17.0 Å². The van der Waals surface area contributed by atoms with Gasteiger partial charge in [0.25, 0.3) is 0 Å². The van der Waals surface area contributed by atoms with Crippen LogP contribution in [0.4, 0.5) is 4.39 Å². The minimum atomic E-state index is -3.81. The zero-order valence-electron chi connectivity index (χ0n) is 14.4. The van der Waals surface area contributed by atoms with Gasteiger partial charge in [0, 0.05) is 18.5 Å². The molecule has 1 aromatic heterocycles. The first kappa shape index (κ1) is 18.8. The average Bonchev–Trinajstić information content (AvgIpc) is 3.03. The van der Waals surface area contributed by atoms with Crippen molar-refractivity contribution in [1.82, 2.24) is 9.71 Å². The first-order chi connectivity index (χ1) is 12.9. The van der Waals surface area contributed by atoms with Gasteiger partial charge in [-0.1, -0.05) is 12.1 Å². The predicted octanol–water partition coefficient (Wildman–Crippen LogP) is 3.18. The van der Waals surface area contributed by atoms with Gasteiger partial charge in [0.1, 0.15) is 17.6 Å². The predicted molar refractivity (Wildman–Crippen MR) is 96.7 cm³/mol. The molecule has 0 aliphatic rings. The van der Waals surface area contributed by atoms with E-state index >= 15 is 0 Å². The summed E-state index contributed by atoms with van der Waals surface area (Å²) in [4.78, 5) is 4.30. The molecular formula is C19H16FN3O3S. The Hall–Kier alpha value is -3.02. The molecule has 0 atom stereocenters. The lowest BCUT2D eigenvalue weighted by Gasteiger charge is -2.07. The Bertz CT molecular complexity index is 1100. The molecule has 0 amide bonds. The van der Waals surface area contributed by atoms with Crippen LogP contribution in [0.25, 0.3) is 11.5 Å². The highest BCUT2D eigenvalue weighted by atomic mass is 32.2. The topological polar surface area (TPSA) is 96.0 Å². The average molecular weight is 385 g/mol. The Balaban J connectivity index is 1.71. The lowest BCUT2D eigenvalue weighted by molar-refractivity contribution is 0.538. The Morgan fingerprint density at radius 3 is 2.59 bits per heavy atom. The van der Waals surface area contributed by atoms with Crippen LogP contribution in [-0.2, 0) is 16.4 Å². The molecule has 2 aromatic carbocycles. The van der Waals surface area contributed by atoms with Gasteiger partial charge in [-0.15, -0.1) is 0 Å². The van der Waals surface area contributed by atoms with Crippen LogP contribution < -0.4 is 4.72 Å². The first-order valence-electron chi connectivity index (χ1n) is 8.12. The van der Waals surface area contributed by atoms with Gasteiger partial charge in [-0.25, -0.2) is 22.5 Å². The van der Waals surface area contributed by atoms with Crippen LogP contribution in [-0.4, -0.2) is 19.9 Å². The van der Waals surface area contributed by atoms with E-state index in [1.165, 1.54) is 24.3 Å². The maximum Gasteiger partial charge on any atom is 0.241 e. The molecule has 3 aromatic rings. The number of nitriles is 1. The zero-order chi connectivity index (χ0) is 19.4. The maximum atomic E-state index is 13.0. The fourth-order valence-electron chi connectivity index (χ4n) is 2.55. The summed E-state index contributed by atoms with van der Waals surface area (Å²) in [6.45, 7) is 1.83. The van der Waals surface area contributed by atoms with Crippen LogP contribution in [0.15, 0.2) is 57.8 Å². The Labute approximate surface area is 156 Å². The Morgan fingerprint density at radius 2 is 1.89 bits per heavy atom. The summed E-state index contributed by atoms with van der Waals surface area (Å²) < 4.78 is 45.9. The number of nitrogens with zero attached hydrogens (tertiary/aromatic N) is 2. The number of benzene rings is 2. The molecule has 0 radical (unpaired) electrons. The van der Waals surface area contributed by atoms with E-state index in [0.29, 0.717) is 29.3 Å². The Kier molecular flexibility index (Phi) is 5.35. The molecule has 3 rings (SSSR count). The monoisotopic (exact) mass is 385 g/mol. The molecule has 0 saturated carbocycles. The van der Waals surface area contributed by atoms with Gasteiger partial charge < -0.3 is 4.42 Å². The third-order valence-corrected chi connectivity index (χ3v) is 5.45. The van der Waals surface area contributed by atoms with E-state index in [1.54, 1.807) is 31.2 Å². The third-order valence-electron chi connectivity index (χ3n) is 3.93. The number of aryl methyl sites for hydroxylation is 1. The molecular weight excluding hydrogens is 369 g/mol. The number of hydrogen-bond acceptors (Lipinski definition) is 5. The van der Waals surface area contributed by atoms with Crippen molar-refractivity contribution in [1.29, 1.82) is 5.26 Å². The van der Waals surface area contributed by atoms with Crippen molar-refractivity contribution in [2.75, 3.05) is 6.54 Å². The van der Waals surface area contributed by atoms with Crippen LogP contribution in [0, 0.1) is 24.1 Å². The van der Waals surface area contributed by atoms with Crippen molar-refractivity contribution in [3.63, 3.8) is 0 Å². The second kappa shape index (κ2) is 7.70. The van der Waals surface area contributed by atoms with E-state index in [9.17, 15) is 12.8 Å². The number of sulfonamides is 1. The number of nitrogens with one attached hydrogen (secondary N) is 1. The van der Waals surface area contributed by atoms with Gasteiger partial charge in [0.05, 0.1) is 16.2 Å². The van der Waals surface area contributed by atoms with Gasteiger partial charge in [0.2, 0.25) is 15.9 Å². The largest absolute Gasteiger partial charge is 0.441 e. The molecule has 27 heavy (non-hydrogen) atoms. The second-order valence-corrected chi connectivity index (χ2v) is 7.52. The molecule has 0 aliphatic carbocycles. The second-order valence-electron chi connectivity index (χ2n) is 5.78. The van der Waals surface area contributed by atoms with E-state index in [2.05, 4.69) is 9.71 Å². The van der Waals surface area contributed by atoms with E-state index < -0.39 is 10.0 Å². The van der Waals surface area contributed by atoms with Crippen LogP contribution in [0.2, 0.25) is 0 Å². The van der Waals surface area contributed by atoms with Crippen molar-refractivity contribution < 1.29 is 17.2 Å². The highest BCUT2D eigenvalue weighted by molar-refractivity contribution is 7.89. The molecule has 8 heteroatoms. The molecule has 1 heterocycles. The minimum Gasteiger partial charge on any atom is -0.441 e. The summed E-state index contributed by atoms with van der Waals surface area (Å²) in [6.07, 6.45) is 0.310. The summed E-state index contributed by atoms with van der Waals surface area (Å²) in [5.41, 5.74) is 1.32. The van der Waals surface area contributed by atoms with Crippen molar-refractivity contribution >= 4 is 10.0 Å². The molecule has 0 fully saturated rings. The standard InChI is InChI=1S/C19H16FN3O3S/c1-13-17(23-19(26-13)14-6-8-16(20)9-7-14)10-11-22-27(24,25)18-5-3-2-4-15(18)12-21/h2-9,22H,10-11H2,1H3. The van der Waals surface area contributed by atoms with Crippen molar-refractivity contribution in [2.45, 2.75) is 18.2 Å².